The molecule has 4 unspecified atom stereocenters. The average molecular weight is 283 g/mol. The van der Waals surface area contributed by atoms with Crippen LogP contribution >= 0.6 is 0 Å². The van der Waals surface area contributed by atoms with Crippen LogP contribution in [-0.4, -0.2) is 48.3 Å². The number of rotatable bonds is 5. The first kappa shape index (κ1) is 15.8. The third-order valence-corrected chi connectivity index (χ3v) is 5.03. The molecule has 1 aliphatic heterocycles. The lowest BCUT2D eigenvalue weighted by molar-refractivity contribution is -0.143. The average Bonchev–Trinajstić information content (AvgIpc) is 2.86. The summed E-state index contributed by atoms with van der Waals surface area (Å²) < 4.78 is 5.41. The molecule has 2 fully saturated rings. The molecule has 1 heterocycles. The van der Waals surface area contributed by atoms with Gasteiger partial charge in [-0.15, -0.1) is 0 Å². The Morgan fingerprint density at radius 3 is 2.75 bits per heavy atom. The number of carboxylic acid groups (broad SMARTS) is 1. The van der Waals surface area contributed by atoms with Crippen molar-refractivity contribution in [2.75, 3.05) is 20.3 Å². The van der Waals surface area contributed by atoms with Crippen LogP contribution < -0.4 is 0 Å². The quantitative estimate of drug-likeness (QED) is 0.842. The summed E-state index contributed by atoms with van der Waals surface area (Å²) in [5.74, 6) is 0.492. The van der Waals surface area contributed by atoms with E-state index in [1.165, 1.54) is 32.1 Å². The van der Waals surface area contributed by atoms with Gasteiger partial charge in [0.1, 0.15) is 0 Å². The zero-order valence-corrected chi connectivity index (χ0v) is 13.0. The molecule has 1 N–H and O–H groups in total. The van der Waals surface area contributed by atoms with Crippen LogP contribution in [0.5, 0.6) is 0 Å². The second kappa shape index (κ2) is 6.90. The highest BCUT2D eigenvalue weighted by Crippen LogP contribution is 2.33. The van der Waals surface area contributed by atoms with Crippen molar-refractivity contribution in [1.82, 2.24) is 4.90 Å². The third kappa shape index (κ3) is 3.73. The van der Waals surface area contributed by atoms with Crippen LogP contribution in [-0.2, 0) is 9.53 Å². The summed E-state index contributed by atoms with van der Waals surface area (Å²) in [5.41, 5.74) is 0. The van der Waals surface area contributed by atoms with Crippen LogP contribution in [0.15, 0.2) is 0 Å². The SMILES string of the molecule is CC(C)CC1CCCC(N(C)C2COCC2C(=O)O)C1. The number of carboxylic acids is 1. The zero-order chi connectivity index (χ0) is 14.7. The summed E-state index contributed by atoms with van der Waals surface area (Å²) in [7, 11) is 2.09. The van der Waals surface area contributed by atoms with Crippen molar-refractivity contribution in [3.8, 4) is 0 Å². The molecular weight excluding hydrogens is 254 g/mol. The van der Waals surface area contributed by atoms with E-state index in [1.807, 2.05) is 0 Å². The predicted molar refractivity (Wildman–Crippen MR) is 78.7 cm³/mol. The summed E-state index contributed by atoms with van der Waals surface area (Å²) in [6.45, 7) is 5.52. The van der Waals surface area contributed by atoms with E-state index >= 15 is 0 Å². The molecule has 0 aromatic carbocycles. The van der Waals surface area contributed by atoms with Gasteiger partial charge in [-0.05, 0) is 38.1 Å². The fourth-order valence-electron chi connectivity index (χ4n) is 3.96. The van der Waals surface area contributed by atoms with Gasteiger partial charge in [0.05, 0.1) is 19.1 Å². The van der Waals surface area contributed by atoms with Gasteiger partial charge in [0.25, 0.3) is 0 Å². The Kier molecular flexibility index (Phi) is 5.44. The molecule has 2 aliphatic rings. The first-order valence-electron chi connectivity index (χ1n) is 8.01. The van der Waals surface area contributed by atoms with Gasteiger partial charge < -0.3 is 9.84 Å². The molecule has 0 aromatic rings. The highest BCUT2D eigenvalue weighted by Gasteiger charge is 2.39. The van der Waals surface area contributed by atoms with Crippen molar-refractivity contribution in [2.24, 2.45) is 17.8 Å². The maximum Gasteiger partial charge on any atom is 0.310 e. The lowest BCUT2D eigenvalue weighted by Crippen LogP contribution is -2.47. The second-order valence-electron chi connectivity index (χ2n) is 7.03. The molecule has 0 bridgehead atoms. The molecule has 0 spiro atoms. The lowest BCUT2D eigenvalue weighted by atomic mass is 9.80. The number of aliphatic carboxylic acids is 1. The molecule has 20 heavy (non-hydrogen) atoms. The minimum absolute atomic E-state index is 0.0512. The smallest absolute Gasteiger partial charge is 0.310 e. The number of nitrogens with zero attached hydrogens (tertiary/aromatic N) is 1. The summed E-state index contributed by atoms with van der Waals surface area (Å²) in [4.78, 5) is 13.6. The van der Waals surface area contributed by atoms with E-state index in [-0.39, 0.29) is 12.0 Å². The number of carbonyl (C=O) groups is 1. The van der Waals surface area contributed by atoms with Crippen LogP contribution in [0, 0.1) is 17.8 Å². The number of hydrogen-bond donors (Lipinski definition) is 1. The van der Waals surface area contributed by atoms with E-state index in [0.29, 0.717) is 19.3 Å². The highest BCUT2D eigenvalue weighted by atomic mass is 16.5. The maximum atomic E-state index is 11.3. The monoisotopic (exact) mass is 283 g/mol. The molecule has 0 radical (unpaired) electrons. The summed E-state index contributed by atoms with van der Waals surface area (Å²) in [6, 6.07) is 0.580. The van der Waals surface area contributed by atoms with Crippen LogP contribution in [0.4, 0.5) is 0 Å². The first-order valence-corrected chi connectivity index (χ1v) is 8.01. The predicted octanol–water partition coefficient (Wildman–Crippen LogP) is 2.62. The van der Waals surface area contributed by atoms with Crippen molar-refractivity contribution in [3.05, 3.63) is 0 Å². The fourth-order valence-corrected chi connectivity index (χ4v) is 3.96. The highest BCUT2D eigenvalue weighted by molar-refractivity contribution is 5.71. The van der Waals surface area contributed by atoms with E-state index in [9.17, 15) is 9.90 Å². The van der Waals surface area contributed by atoms with Crippen LogP contribution in [0.3, 0.4) is 0 Å². The largest absolute Gasteiger partial charge is 0.481 e. The van der Waals surface area contributed by atoms with Crippen LogP contribution in [0.25, 0.3) is 0 Å². The topological polar surface area (TPSA) is 49.8 Å². The minimum Gasteiger partial charge on any atom is -0.481 e. The number of ether oxygens (including phenoxy) is 1. The van der Waals surface area contributed by atoms with Crippen molar-refractivity contribution in [1.29, 1.82) is 0 Å². The number of hydrogen-bond acceptors (Lipinski definition) is 3. The molecule has 4 atom stereocenters. The second-order valence-corrected chi connectivity index (χ2v) is 7.03. The van der Waals surface area contributed by atoms with E-state index in [0.717, 1.165) is 11.8 Å². The Balaban J connectivity index is 1.94. The standard InChI is InChI=1S/C16H29NO3/c1-11(2)7-12-5-4-6-13(8-12)17(3)15-10-20-9-14(15)16(18)19/h11-15H,4-10H2,1-3H3,(H,18,19). The molecule has 1 saturated heterocycles. The summed E-state index contributed by atoms with van der Waals surface area (Å²) in [6.07, 6.45) is 6.34. The van der Waals surface area contributed by atoms with E-state index in [1.54, 1.807) is 0 Å². The first-order chi connectivity index (χ1) is 9.49. The van der Waals surface area contributed by atoms with Gasteiger partial charge >= 0.3 is 5.97 Å². The molecule has 1 aliphatic carbocycles. The Morgan fingerprint density at radius 1 is 1.35 bits per heavy atom. The lowest BCUT2D eigenvalue weighted by Gasteiger charge is -2.39. The Bertz CT molecular complexity index is 332. The third-order valence-electron chi connectivity index (χ3n) is 5.03. The zero-order valence-electron chi connectivity index (χ0n) is 13.0. The van der Waals surface area contributed by atoms with Crippen LogP contribution in [0.1, 0.15) is 46.0 Å². The van der Waals surface area contributed by atoms with Crippen LogP contribution in [0.2, 0.25) is 0 Å². The molecule has 0 amide bonds. The Labute approximate surface area is 122 Å². The Hall–Kier alpha value is -0.610. The molecular formula is C16H29NO3. The van der Waals surface area contributed by atoms with Gasteiger partial charge in [-0.1, -0.05) is 26.7 Å². The summed E-state index contributed by atoms with van der Waals surface area (Å²) >= 11 is 0. The van der Waals surface area contributed by atoms with Gasteiger partial charge in [-0.25, -0.2) is 0 Å². The van der Waals surface area contributed by atoms with E-state index < -0.39 is 5.97 Å². The van der Waals surface area contributed by atoms with E-state index in [2.05, 4.69) is 25.8 Å². The fraction of sp³-hybridized carbons (Fsp3) is 0.938. The van der Waals surface area contributed by atoms with Crippen molar-refractivity contribution in [2.45, 2.75) is 58.0 Å². The molecule has 1 saturated carbocycles. The molecule has 116 valence electrons. The van der Waals surface area contributed by atoms with Gasteiger partial charge in [0.15, 0.2) is 0 Å². The molecule has 4 heteroatoms. The summed E-state index contributed by atoms with van der Waals surface area (Å²) in [5, 5.41) is 9.30. The van der Waals surface area contributed by atoms with Gasteiger partial charge in [0, 0.05) is 12.1 Å². The molecule has 2 rings (SSSR count). The van der Waals surface area contributed by atoms with Gasteiger partial charge in [-0.3, -0.25) is 9.69 Å². The minimum atomic E-state index is -0.714. The normalized spacial score (nSPS) is 34.9. The van der Waals surface area contributed by atoms with E-state index in [4.69, 9.17) is 4.74 Å². The van der Waals surface area contributed by atoms with Crippen molar-refractivity contribution in [3.63, 3.8) is 0 Å². The van der Waals surface area contributed by atoms with Gasteiger partial charge in [-0.2, -0.15) is 0 Å². The van der Waals surface area contributed by atoms with Crippen molar-refractivity contribution >= 4 is 5.97 Å². The maximum absolute atomic E-state index is 11.3. The van der Waals surface area contributed by atoms with Crippen molar-refractivity contribution < 1.29 is 14.6 Å². The van der Waals surface area contributed by atoms with Gasteiger partial charge in [0.2, 0.25) is 0 Å². The molecule has 4 nitrogen and oxygen atoms in total. The number of likely N-dealkylation sites (N-methyl/N-ethyl adjacent to an activating group) is 1. The molecule has 0 aromatic heterocycles. The Morgan fingerprint density at radius 2 is 2.10 bits per heavy atom.